The fraction of sp³-hybridized carbons (Fsp3) is 0.875. The summed E-state index contributed by atoms with van der Waals surface area (Å²) in [7, 11) is 0. The molecule has 2 N–H and O–H groups in total. The van der Waals surface area contributed by atoms with E-state index in [1.54, 1.807) is 6.92 Å². The monoisotopic (exact) mass is 157 g/mol. The van der Waals surface area contributed by atoms with Gasteiger partial charge in [-0.3, -0.25) is 4.79 Å². The zero-order chi connectivity index (χ0) is 8.27. The van der Waals surface area contributed by atoms with Crippen LogP contribution in [-0.4, -0.2) is 18.6 Å². The summed E-state index contributed by atoms with van der Waals surface area (Å²) < 4.78 is 4.89. The van der Waals surface area contributed by atoms with Crippen LogP contribution < -0.4 is 5.73 Å². The molecule has 0 aromatic carbocycles. The smallest absolute Gasteiger partial charge is 0.322 e. The van der Waals surface area contributed by atoms with Gasteiger partial charge in [-0.05, 0) is 19.3 Å². The topological polar surface area (TPSA) is 52.3 Å². The van der Waals surface area contributed by atoms with E-state index in [4.69, 9.17) is 10.5 Å². The van der Waals surface area contributed by atoms with Crippen LogP contribution >= 0.6 is 0 Å². The van der Waals surface area contributed by atoms with Crippen LogP contribution in [-0.2, 0) is 9.53 Å². The van der Waals surface area contributed by atoms with Crippen LogP contribution in [0.2, 0.25) is 0 Å². The predicted octanol–water partition coefficient (Wildman–Crippen LogP) is 0.677. The Kier molecular flexibility index (Phi) is 2.88. The fourth-order valence-corrected chi connectivity index (χ4v) is 0.864. The van der Waals surface area contributed by atoms with Crippen molar-refractivity contribution in [2.45, 2.75) is 32.2 Å². The van der Waals surface area contributed by atoms with Crippen LogP contribution in [0, 0.1) is 5.92 Å². The first-order valence-electron chi connectivity index (χ1n) is 4.12. The minimum atomic E-state index is -0.478. The molecule has 1 saturated carbocycles. The van der Waals surface area contributed by atoms with Crippen LogP contribution in [0.1, 0.15) is 26.2 Å². The van der Waals surface area contributed by atoms with E-state index in [9.17, 15) is 4.79 Å². The molecule has 1 aliphatic rings. The summed E-state index contributed by atoms with van der Waals surface area (Å²) in [6, 6.07) is -0.478. The summed E-state index contributed by atoms with van der Waals surface area (Å²) in [4.78, 5) is 10.8. The average molecular weight is 157 g/mol. The third kappa shape index (κ3) is 3.37. The van der Waals surface area contributed by atoms with Gasteiger partial charge in [-0.1, -0.05) is 12.8 Å². The van der Waals surface area contributed by atoms with Crippen molar-refractivity contribution in [2.24, 2.45) is 11.7 Å². The van der Waals surface area contributed by atoms with Gasteiger partial charge >= 0.3 is 5.97 Å². The van der Waals surface area contributed by atoms with Crippen molar-refractivity contribution < 1.29 is 9.53 Å². The Hall–Kier alpha value is -0.570. The van der Waals surface area contributed by atoms with Gasteiger partial charge in [0.15, 0.2) is 0 Å². The Morgan fingerprint density at radius 2 is 2.36 bits per heavy atom. The Bertz CT molecular complexity index is 141. The summed E-state index contributed by atoms with van der Waals surface area (Å²) in [5, 5.41) is 0. The van der Waals surface area contributed by atoms with Gasteiger partial charge in [0.2, 0.25) is 0 Å². The van der Waals surface area contributed by atoms with Crippen LogP contribution in [0.25, 0.3) is 0 Å². The molecule has 0 heterocycles. The highest BCUT2D eigenvalue weighted by Crippen LogP contribution is 2.32. The van der Waals surface area contributed by atoms with Gasteiger partial charge < -0.3 is 10.5 Å². The molecule has 1 fully saturated rings. The molecule has 3 nitrogen and oxygen atoms in total. The summed E-state index contributed by atoms with van der Waals surface area (Å²) >= 11 is 0. The van der Waals surface area contributed by atoms with Gasteiger partial charge in [0.25, 0.3) is 0 Å². The van der Waals surface area contributed by atoms with E-state index in [1.165, 1.54) is 12.8 Å². The van der Waals surface area contributed by atoms with E-state index in [0.717, 1.165) is 12.3 Å². The second-order valence-electron chi connectivity index (χ2n) is 3.19. The van der Waals surface area contributed by atoms with Gasteiger partial charge in [0, 0.05) is 0 Å². The Labute approximate surface area is 66.9 Å². The third-order valence-electron chi connectivity index (χ3n) is 1.84. The normalized spacial score (nSPS) is 19.5. The number of ether oxygens (including phenoxy) is 1. The molecule has 1 unspecified atom stereocenters. The third-order valence-corrected chi connectivity index (χ3v) is 1.84. The maximum atomic E-state index is 10.8. The maximum absolute atomic E-state index is 10.8. The molecule has 0 spiro atoms. The van der Waals surface area contributed by atoms with Gasteiger partial charge in [-0.2, -0.15) is 0 Å². The Morgan fingerprint density at radius 1 is 1.73 bits per heavy atom. The highest BCUT2D eigenvalue weighted by Gasteiger charge is 2.21. The summed E-state index contributed by atoms with van der Waals surface area (Å²) in [6.07, 6.45) is 3.61. The molecule has 0 aromatic rings. The molecule has 0 saturated heterocycles. The van der Waals surface area contributed by atoms with Gasteiger partial charge in [0.1, 0.15) is 6.04 Å². The van der Waals surface area contributed by atoms with Crippen molar-refractivity contribution in [3.05, 3.63) is 0 Å². The van der Waals surface area contributed by atoms with Crippen molar-refractivity contribution in [1.29, 1.82) is 0 Å². The van der Waals surface area contributed by atoms with Crippen molar-refractivity contribution in [1.82, 2.24) is 0 Å². The first-order valence-corrected chi connectivity index (χ1v) is 4.12. The zero-order valence-corrected chi connectivity index (χ0v) is 6.88. The lowest BCUT2D eigenvalue weighted by atomic mass is 10.3. The standard InChI is InChI=1S/C8H15NO2/c1-6(9)8(10)11-5-4-7-2-3-7/h6-7H,2-5,9H2,1H3. The molecule has 3 heteroatoms. The lowest BCUT2D eigenvalue weighted by Gasteiger charge is -2.05. The first-order chi connectivity index (χ1) is 5.20. The van der Waals surface area contributed by atoms with Crippen LogP contribution in [0.15, 0.2) is 0 Å². The van der Waals surface area contributed by atoms with E-state index in [-0.39, 0.29) is 5.97 Å². The van der Waals surface area contributed by atoms with E-state index in [0.29, 0.717) is 6.61 Å². The van der Waals surface area contributed by atoms with Crippen molar-refractivity contribution in [2.75, 3.05) is 6.61 Å². The zero-order valence-electron chi connectivity index (χ0n) is 6.88. The number of rotatable bonds is 4. The van der Waals surface area contributed by atoms with Gasteiger partial charge in [-0.25, -0.2) is 0 Å². The molecular formula is C8H15NO2. The minimum Gasteiger partial charge on any atom is -0.465 e. The minimum absolute atomic E-state index is 0.286. The first kappa shape index (κ1) is 8.53. The summed E-state index contributed by atoms with van der Waals surface area (Å²) in [6.45, 7) is 2.19. The Balaban J connectivity index is 1.96. The Morgan fingerprint density at radius 3 is 2.82 bits per heavy atom. The largest absolute Gasteiger partial charge is 0.465 e. The highest BCUT2D eigenvalue weighted by atomic mass is 16.5. The molecule has 11 heavy (non-hydrogen) atoms. The van der Waals surface area contributed by atoms with Crippen molar-refractivity contribution in [3.8, 4) is 0 Å². The highest BCUT2D eigenvalue weighted by molar-refractivity contribution is 5.74. The fourth-order valence-electron chi connectivity index (χ4n) is 0.864. The number of carbonyl (C=O) groups is 1. The van der Waals surface area contributed by atoms with Crippen molar-refractivity contribution in [3.63, 3.8) is 0 Å². The molecule has 1 rings (SSSR count). The quantitative estimate of drug-likeness (QED) is 0.610. The van der Waals surface area contributed by atoms with Crippen molar-refractivity contribution >= 4 is 5.97 Å². The summed E-state index contributed by atoms with van der Waals surface area (Å²) in [5.41, 5.74) is 5.29. The van der Waals surface area contributed by atoms with E-state index in [1.807, 2.05) is 0 Å². The molecule has 0 amide bonds. The second-order valence-corrected chi connectivity index (χ2v) is 3.19. The molecule has 0 aromatic heterocycles. The number of carbonyl (C=O) groups excluding carboxylic acids is 1. The second kappa shape index (κ2) is 3.72. The molecular weight excluding hydrogens is 142 g/mol. The average Bonchev–Trinajstić information content (AvgIpc) is 2.71. The maximum Gasteiger partial charge on any atom is 0.322 e. The van der Waals surface area contributed by atoms with E-state index < -0.39 is 6.04 Å². The molecule has 1 aliphatic carbocycles. The lowest BCUT2D eigenvalue weighted by molar-refractivity contribution is -0.144. The van der Waals surface area contributed by atoms with Crippen LogP contribution in [0.4, 0.5) is 0 Å². The van der Waals surface area contributed by atoms with Gasteiger partial charge in [-0.15, -0.1) is 0 Å². The molecule has 0 radical (unpaired) electrons. The molecule has 0 bridgehead atoms. The number of nitrogens with two attached hydrogens (primary N) is 1. The van der Waals surface area contributed by atoms with Crippen LogP contribution in [0.5, 0.6) is 0 Å². The van der Waals surface area contributed by atoms with E-state index >= 15 is 0 Å². The van der Waals surface area contributed by atoms with E-state index in [2.05, 4.69) is 0 Å². The SMILES string of the molecule is CC(N)C(=O)OCCC1CC1. The predicted molar refractivity (Wildman–Crippen MR) is 41.9 cm³/mol. The molecule has 1 atom stereocenters. The van der Waals surface area contributed by atoms with Gasteiger partial charge in [0.05, 0.1) is 6.61 Å². The molecule has 64 valence electrons. The molecule has 0 aliphatic heterocycles. The lowest BCUT2D eigenvalue weighted by Crippen LogP contribution is -2.29. The van der Waals surface area contributed by atoms with Crippen LogP contribution in [0.3, 0.4) is 0 Å². The number of hydrogen-bond acceptors (Lipinski definition) is 3. The number of esters is 1. The number of hydrogen-bond donors (Lipinski definition) is 1. The summed E-state index contributed by atoms with van der Waals surface area (Å²) in [5.74, 6) is 0.529.